The van der Waals surface area contributed by atoms with Gasteiger partial charge in [0.2, 0.25) is 5.91 Å². The van der Waals surface area contributed by atoms with Gasteiger partial charge in [-0.1, -0.05) is 12.2 Å². The number of hydrogen-bond donors (Lipinski definition) is 2. The smallest absolute Gasteiger partial charge is 0.233 e. The van der Waals surface area contributed by atoms with Gasteiger partial charge in [0.05, 0.1) is 5.92 Å². The number of carbonyl (C=O) groups is 2. The van der Waals surface area contributed by atoms with Gasteiger partial charge in [-0.25, -0.2) is 4.98 Å². The fourth-order valence-electron chi connectivity index (χ4n) is 1.61. The summed E-state index contributed by atoms with van der Waals surface area (Å²) in [7, 11) is 0. The summed E-state index contributed by atoms with van der Waals surface area (Å²) in [6.45, 7) is 1.44. The largest absolute Gasteiger partial charge is 0.324 e. The molecule has 2 atom stereocenters. The van der Waals surface area contributed by atoms with E-state index in [4.69, 9.17) is 5.73 Å². The molecule has 90 valence electrons. The van der Waals surface area contributed by atoms with Crippen molar-refractivity contribution in [3.8, 4) is 0 Å². The number of anilines is 1. The van der Waals surface area contributed by atoms with Crippen molar-refractivity contribution in [2.24, 2.45) is 11.7 Å². The topological polar surface area (TPSA) is 85.1 Å². The third kappa shape index (κ3) is 2.78. The van der Waals surface area contributed by atoms with Crippen LogP contribution in [0.15, 0.2) is 17.5 Å². The number of thiazole rings is 1. The fourth-order valence-corrected chi connectivity index (χ4v) is 2.37. The Morgan fingerprint density at radius 2 is 2.29 bits per heavy atom. The summed E-state index contributed by atoms with van der Waals surface area (Å²) in [4.78, 5) is 26.9. The number of nitrogens with one attached hydrogen (secondary N) is 1. The number of ketones is 1. The molecule has 6 heteroatoms. The summed E-state index contributed by atoms with van der Waals surface area (Å²) in [6, 6.07) is -0.0465. The van der Waals surface area contributed by atoms with Crippen LogP contribution in [0.4, 0.5) is 5.13 Å². The van der Waals surface area contributed by atoms with Gasteiger partial charge in [-0.15, -0.1) is 11.3 Å². The summed E-state index contributed by atoms with van der Waals surface area (Å²) in [5.74, 6) is -0.433. The van der Waals surface area contributed by atoms with Crippen LogP contribution < -0.4 is 11.1 Å². The van der Waals surface area contributed by atoms with Crippen LogP contribution in [0.3, 0.4) is 0 Å². The van der Waals surface area contributed by atoms with Crippen molar-refractivity contribution in [3.05, 3.63) is 23.2 Å². The van der Waals surface area contributed by atoms with Crippen molar-refractivity contribution in [1.82, 2.24) is 4.98 Å². The number of nitrogens with zero attached hydrogens (tertiary/aromatic N) is 1. The Balaban J connectivity index is 1.98. The normalized spacial score (nSPS) is 22.7. The summed E-state index contributed by atoms with van der Waals surface area (Å²) in [6.07, 6.45) is 4.25. The molecule has 1 aromatic heterocycles. The maximum atomic E-state index is 11.8. The van der Waals surface area contributed by atoms with Crippen molar-refractivity contribution in [2.45, 2.75) is 19.4 Å². The molecule has 1 aromatic rings. The highest BCUT2D eigenvalue weighted by atomic mass is 32.1. The average molecular weight is 251 g/mol. The van der Waals surface area contributed by atoms with Crippen molar-refractivity contribution < 1.29 is 9.59 Å². The lowest BCUT2D eigenvalue weighted by atomic mass is 10.1. The van der Waals surface area contributed by atoms with Crippen LogP contribution in [-0.2, 0) is 4.79 Å². The first-order valence-corrected chi connectivity index (χ1v) is 6.15. The molecule has 0 radical (unpaired) electrons. The summed E-state index contributed by atoms with van der Waals surface area (Å²) < 4.78 is 0. The number of nitrogens with two attached hydrogens (primary N) is 1. The second-order valence-corrected chi connectivity index (χ2v) is 4.83. The Labute approximate surface area is 103 Å². The van der Waals surface area contributed by atoms with Crippen molar-refractivity contribution in [1.29, 1.82) is 0 Å². The molecule has 1 amide bonds. The Kier molecular flexibility index (Phi) is 3.35. The van der Waals surface area contributed by atoms with E-state index in [2.05, 4.69) is 10.3 Å². The Morgan fingerprint density at radius 3 is 2.82 bits per heavy atom. The zero-order valence-electron chi connectivity index (χ0n) is 9.34. The Morgan fingerprint density at radius 1 is 1.53 bits per heavy atom. The lowest BCUT2D eigenvalue weighted by Gasteiger charge is -2.07. The highest BCUT2D eigenvalue weighted by Crippen LogP contribution is 2.21. The molecule has 0 saturated heterocycles. The minimum atomic E-state index is -0.199. The van der Waals surface area contributed by atoms with E-state index in [-0.39, 0.29) is 23.7 Å². The zero-order chi connectivity index (χ0) is 12.4. The van der Waals surface area contributed by atoms with Gasteiger partial charge in [-0.2, -0.15) is 0 Å². The first-order chi connectivity index (χ1) is 8.06. The molecule has 0 aliphatic heterocycles. The summed E-state index contributed by atoms with van der Waals surface area (Å²) in [5, 5.41) is 4.78. The molecular weight excluding hydrogens is 238 g/mol. The lowest BCUT2D eigenvalue weighted by Crippen LogP contribution is -2.23. The first kappa shape index (κ1) is 11.9. The van der Waals surface area contributed by atoms with Gasteiger partial charge in [0.15, 0.2) is 10.9 Å². The van der Waals surface area contributed by atoms with Crippen LogP contribution in [-0.4, -0.2) is 22.7 Å². The van der Waals surface area contributed by atoms with Crippen LogP contribution in [0.2, 0.25) is 0 Å². The molecule has 17 heavy (non-hydrogen) atoms. The molecule has 0 bridgehead atoms. The molecule has 0 aromatic carbocycles. The monoisotopic (exact) mass is 251 g/mol. The second kappa shape index (κ2) is 4.77. The highest BCUT2D eigenvalue weighted by Gasteiger charge is 2.23. The van der Waals surface area contributed by atoms with Crippen LogP contribution in [0.1, 0.15) is 23.8 Å². The highest BCUT2D eigenvalue weighted by molar-refractivity contribution is 7.14. The third-order valence-corrected chi connectivity index (χ3v) is 3.31. The predicted molar refractivity (Wildman–Crippen MR) is 66.0 cm³/mol. The molecule has 2 rings (SSSR count). The predicted octanol–water partition coefficient (Wildman–Crippen LogP) is 1.19. The standard InChI is InChI=1S/C11H13N3O2S/c1-6(15)9-5-17-11(13-9)14-10(16)7-2-3-8(12)4-7/h2-3,5,7-8H,4,12H2,1H3,(H,13,14,16). The molecule has 1 heterocycles. The maximum absolute atomic E-state index is 11.8. The van der Waals surface area contributed by atoms with Gasteiger partial charge >= 0.3 is 0 Å². The lowest BCUT2D eigenvalue weighted by molar-refractivity contribution is -0.118. The maximum Gasteiger partial charge on any atom is 0.233 e. The van der Waals surface area contributed by atoms with E-state index in [1.807, 2.05) is 6.08 Å². The van der Waals surface area contributed by atoms with Crippen LogP contribution >= 0.6 is 11.3 Å². The molecule has 0 fully saturated rings. The van der Waals surface area contributed by atoms with Crippen molar-refractivity contribution >= 4 is 28.2 Å². The van der Waals surface area contributed by atoms with Gasteiger partial charge in [-0.3, -0.25) is 9.59 Å². The van der Waals surface area contributed by atoms with Crippen LogP contribution in [0.25, 0.3) is 0 Å². The number of hydrogen-bond acceptors (Lipinski definition) is 5. The zero-order valence-corrected chi connectivity index (χ0v) is 10.2. The average Bonchev–Trinajstić information content (AvgIpc) is 2.86. The minimum absolute atomic E-state index is 0.0465. The van der Waals surface area contributed by atoms with Gasteiger partial charge < -0.3 is 11.1 Å². The molecule has 2 unspecified atom stereocenters. The van der Waals surface area contributed by atoms with E-state index >= 15 is 0 Å². The second-order valence-electron chi connectivity index (χ2n) is 3.97. The quantitative estimate of drug-likeness (QED) is 0.624. The fraction of sp³-hybridized carbons (Fsp3) is 0.364. The van der Waals surface area contributed by atoms with Gasteiger partial charge in [0, 0.05) is 18.3 Å². The van der Waals surface area contributed by atoms with E-state index < -0.39 is 0 Å². The molecule has 0 spiro atoms. The van der Waals surface area contributed by atoms with E-state index in [9.17, 15) is 9.59 Å². The molecule has 5 nitrogen and oxygen atoms in total. The third-order valence-electron chi connectivity index (χ3n) is 2.55. The molecule has 1 aliphatic rings. The van der Waals surface area contributed by atoms with E-state index in [1.54, 1.807) is 11.5 Å². The molecule has 0 saturated carbocycles. The Hall–Kier alpha value is -1.53. The summed E-state index contributed by atoms with van der Waals surface area (Å²) >= 11 is 1.25. The van der Waals surface area contributed by atoms with Crippen molar-refractivity contribution in [2.75, 3.05) is 5.32 Å². The SMILES string of the molecule is CC(=O)c1csc(NC(=O)C2C=CC(N)C2)n1. The van der Waals surface area contributed by atoms with Crippen LogP contribution in [0, 0.1) is 5.92 Å². The van der Waals surface area contributed by atoms with E-state index in [1.165, 1.54) is 18.3 Å². The minimum Gasteiger partial charge on any atom is -0.324 e. The van der Waals surface area contributed by atoms with E-state index in [0.29, 0.717) is 17.2 Å². The molecule has 1 aliphatic carbocycles. The number of Topliss-reactive ketones (excluding diaryl/α,β-unsaturated/α-hetero) is 1. The van der Waals surface area contributed by atoms with Crippen LogP contribution in [0.5, 0.6) is 0 Å². The van der Waals surface area contributed by atoms with Gasteiger partial charge in [-0.05, 0) is 6.42 Å². The molecule has 3 N–H and O–H groups in total. The van der Waals surface area contributed by atoms with Gasteiger partial charge in [0.1, 0.15) is 5.69 Å². The Bertz CT molecular complexity index is 481. The van der Waals surface area contributed by atoms with Crippen molar-refractivity contribution in [3.63, 3.8) is 0 Å². The number of carbonyl (C=O) groups excluding carboxylic acids is 2. The van der Waals surface area contributed by atoms with E-state index in [0.717, 1.165) is 0 Å². The molecular formula is C11H13N3O2S. The number of rotatable bonds is 3. The first-order valence-electron chi connectivity index (χ1n) is 5.27. The summed E-state index contributed by atoms with van der Waals surface area (Å²) in [5.41, 5.74) is 6.05. The van der Waals surface area contributed by atoms with Gasteiger partial charge in [0.25, 0.3) is 0 Å². The number of amides is 1. The number of aromatic nitrogens is 1.